The molecule has 1 fully saturated rings. The van der Waals surface area contributed by atoms with Gasteiger partial charge in [0.2, 0.25) is 0 Å². The molecule has 7 nitrogen and oxygen atoms in total. The monoisotopic (exact) mass is 437 g/mol. The van der Waals surface area contributed by atoms with Crippen molar-refractivity contribution in [3.63, 3.8) is 0 Å². The smallest absolute Gasteiger partial charge is 0.191 e. The average Bonchev–Trinajstić information content (AvgIpc) is 2.85. The van der Waals surface area contributed by atoms with E-state index in [1.54, 1.807) is 7.05 Å². The molecule has 0 aliphatic carbocycles. The number of ether oxygens (including phenoxy) is 2. The molecule has 172 valence electrons. The Labute approximate surface area is 191 Å². The lowest BCUT2D eigenvalue weighted by Gasteiger charge is -2.34. The van der Waals surface area contributed by atoms with E-state index >= 15 is 0 Å². The molecule has 2 aromatic rings. The molecule has 1 unspecified atom stereocenters. The quantitative estimate of drug-likeness (QED) is 0.512. The first kappa shape index (κ1) is 22.4. The summed E-state index contributed by atoms with van der Waals surface area (Å²) in [7, 11) is 1.79. The number of aliphatic imine (C=N–C) groups is 1. The molecule has 2 N–H and O–H groups in total. The van der Waals surface area contributed by atoms with Crippen LogP contribution in [-0.4, -0.2) is 74.8 Å². The Kier molecular flexibility index (Phi) is 7.85. The van der Waals surface area contributed by atoms with Crippen molar-refractivity contribution in [3.8, 4) is 11.5 Å². The van der Waals surface area contributed by atoms with E-state index in [-0.39, 0.29) is 6.10 Å². The van der Waals surface area contributed by atoms with E-state index in [9.17, 15) is 0 Å². The van der Waals surface area contributed by atoms with Crippen LogP contribution in [0.2, 0.25) is 0 Å². The van der Waals surface area contributed by atoms with Crippen LogP contribution in [0.4, 0.5) is 0 Å². The third-order valence-corrected chi connectivity index (χ3v) is 6.16. The molecule has 32 heavy (non-hydrogen) atoms. The fourth-order valence-electron chi connectivity index (χ4n) is 4.16. The number of rotatable bonds is 7. The van der Waals surface area contributed by atoms with E-state index < -0.39 is 0 Å². The summed E-state index contributed by atoms with van der Waals surface area (Å²) in [6.45, 7) is 10.8. The van der Waals surface area contributed by atoms with Crippen molar-refractivity contribution in [1.82, 2.24) is 20.4 Å². The molecule has 0 spiro atoms. The predicted molar refractivity (Wildman–Crippen MR) is 128 cm³/mol. The number of hydrogen-bond donors (Lipinski definition) is 2. The van der Waals surface area contributed by atoms with E-state index in [1.165, 1.54) is 11.1 Å². The molecule has 2 heterocycles. The molecule has 2 aromatic carbocycles. The SMILES string of the molecule is CCN1CCN(Cc2ccccc2CNC(=NC)NCC2COc3ccccc3O2)CC1. The largest absolute Gasteiger partial charge is 0.486 e. The molecule has 0 radical (unpaired) electrons. The Bertz CT molecular complexity index is 895. The average molecular weight is 438 g/mol. The summed E-state index contributed by atoms with van der Waals surface area (Å²) in [4.78, 5) is 9.44. The Hall–Kier alpha value is -2.77. The van der Waals surface area contributed by atoms with Crippen LogP contribution in [0.25, 0.3) is 0 Å². The van der Waals surface area contributed by atoms with Crippen LogP contribution in [0.1, 0.15) is 18.1 Å². The van der Waals surface area contributed by atoms with Crippen LogP contribution in [0.15, 0.2) is 53.5 Å². The molecule has 1 atom stereocenters. The van der Waals surface area contributed by atoms with Crippen LogP contribution in [0.5, 0.6) is 11.5 Å². The number of para-hydroxylation sites is 2. The number of guanidine groups is 1. The zero-order valence-electron chi connectivity index (χ0n) is 19.2. The first-order valence-electron chi connectivity index (χ1n) is 11.6. The van der Waals surface area contributed by atoms with E-state index in [0.29, 0.717) is 13.2 Å². The lowest BCUT2D eigenvalue weighted by atomic mass is 10.1. The topological polar surface area (TPSA) is 61.4 Å². The maximum atomic E-state index is 6.03. The van der Waals surface area contributed by atoms with Crippen molar-refractivity contribution in [3.05, 3.63) is 59.7 Å². The number of hydrogen-bond acceptors (Lipinski definition) is 5. The summed E-state index contributed by atoms with van der Waals surface area (Å²) in [5.41, 5.74) is 2.68. The Morgan fingerprint density at radius 3 is 2.38 bits per heavy atom. The Balaban J connectivity index is 1.26. The minimum atomic E-state index is -0.0578. The number of nitrogens with one attached hydrogen (secondary N) is 2. The van der Waals surface area contributed by atoms with Crippen molar-refractivity contribution < 1.29 is 9.47 Å². The van der Waals surface area contributed by atoms with Gasteiger partial charge in [-0.15, -0.1) is 0 Å². The lowest BCUT2D eigenvalue weighted by molar-refractivity contribution is 0.0936. The Morgan fingerprint density at radius 1 is 0.938 bits per heavy atom. The van der Waals surface area contributed by atoms with Crippen LogP contribution in [-0.2, 0) is 13.1 Å². The highest BCUT2D eigenvalue weighted by molar-refractivity contribution is 5.79. The van der Waals surface area contributed by atoms with Gasteiger partial charge in [-0.25, -0.2) is 0 Å². The second kappa shape index (κ2) is 11.2. The first-order valence-corrected chi connectivity index (χ1v) is 11.6. The highest BCUT2D eigenvalue weighted by Crippen LogP contribution is 2.30. The third kappa shape index (κ3) is 5.93. The molecule has 0 aromatic heterocycles. The maximum absolute atomic E-state index is 6.03. The Morgan fingerprint density at radius 2 is 1.62 bits per heavy atom. The van der Waals surface area contributed by atoms with Gasteiger partial charge in [0.25, 0.3) is 0 Å². The standard InChI is InChI=1S/C25H35N5O2/c1-3-29-12-14-30(15-13-29)18-21-9-5-4-8-20(21)16-27-25(26-2)28-17-22-19-31-23-10-6-7-11-24(23)32-22/h4-11,22H,3,12-19H2,1-2H3,(H2,26,27,28). The van der Waals surface area contributed by atoms with Crippen molar-refractivity contribution in [2.45, 2.75) is 26.1 Å². The van der Waals surface area contributed by atoms with E-state index in [2.05, 4.69) is 56.6 Å². The van der Waals surface area contributed by atoms with Crippen LogP contribution < -0.4 is 20.1 Å². The van der Waals surface area contributed by atoms with Gasteiger partial charge in [-0.05, 0) is 29.8 Å². The van der Waals surface area contributed by atoms with Gasteiger partial charge >= 0.3 is 0 Å². The predicted octanol–water partition coefficient (Wildman–Crippen LogP) is 2.33. The fraction of sp³-hybridized carbons (Fsp3) is 0.480. The second-order valence-electron chi connectivity index (χ2n) is 8.28. The van der Waals surface area contributed by atoms with Crippen molar-refractivity contribution in [2.24, 2.45) is 4.99 Å². The maximum Gasteiger partial charge on any atom is 0.191 e. The molecule has 1 saturated heterocycles. The van der Waals surface area contributed by atoms with Gasteiger partial charge in [-0.3, -0.25) is 9.89 Å². The molecule has 2 aliphatic heterocycles. The van der Waals surface area contributed by atoms with Gasteiger partial charge in [-0.2, -0.15) is 0 Å². The summed E-state index contributed by atoms with van der Waals surface area (Å²) in [6, 6.07) is 16.5. The molecule has 2 aliphatic rings. The lowest BCUT2D eigenvalue weighted by Crippen LogP contribution is -2.46. The van der Waals surface area contributed by atoms with Gasteiger partial charge in [0.05, 0.1) is 6.54 Å². The van der Waals surface area contributed by atoms with Gasteiger partial charge in [-0.1, -0.05) is 43.3 Å². The number of benzene rings is 2. The number of likely N-dealkylation sites (N-methyl/N-ethyl adjacent to an activating group) is 1. The zero-order valence-corrected chi connectivity index (χ0v) is 19.2. The van der Waals surface area contributed by atoms with Gasteiger partial charge < -0.3 is 25.0 Å². The molecule has 0 amide bonds. The highest BCUT2D eigenvalue weighted by atomic mass is 16.6. The van der Waals surface area contributed by atoms with Gasteiger partial charge in [0, 0.05) is 46.3 Å². The van der Waals surface area contributed by atoms with Crippen LogP contribution >= 0.6 is 0 Å². The van der Waals surface area contributed by atoms with Crippen molar-refractivity contribution >= 4 is 5.96 Å². The summed E-state index contributed by atoms with van der Waals surface area (Å²) >= 11 is 0. The summed E-state index contributed by atoms with van der Waals surface area (Å²) in [5, 5.41) is 6.82. The van der Waals surface area contributed by atoms with Gasteiger partial charge in [0.15, 0.2) is 17.5 Å². The minimum absolute atomic E-state index is 0.0578. The summed E-state index contributed by atoms with van der Waals surface area (Å²) in [5.74, 6) is 2.36. The number of nitrogens with zero attached hydrogens (tertiary/aromatic N) is 3. The molecule has 0 bridgehead atoms. The normalized spacial score (nSPS) is 19.6. The van der Waals surface area contributed by atoms with Gasteiger partial charge in [0.1, 0.15) is 12.7 Å². The fourth-order valence-corrected chi connectivity index (χ4v) is 4.16. The highest BCUT2D eigenvalue weighted by Gasteiger charge is 2.21. The van der Waals surface area contributed by atoms with E-state index in [4.69, 9.17) is 9.47 Å². The van der Waals surface area contributed by atoms with Crippen LogP contribution in [0, 0.1) is 0 Å². The number of piperazine rings is 1. The second-order valence-corrected chi connectivity index (χ2v) is 8.28. The number of fused-ring (bicyclic) bond motifs is 1. The van der Waals surface area contributed by atoms with E-state index in [0.717, 1.165) is 63.3 Å². The zero-order chi connectivity index (χ0) is 22.2. The molecular formula is C25H35N5O2. The summed E-state index contributed by atoms with van der Waals surface area (Å²) < 4.78 is 11.8. The molecule has 7 heteroatoms. The molecular weight excluding hydrogens is 402 g/mol. The minimum Gasteiger partial charge on any atom is -0.486 e. The van der Waals surface area contributed by atoms with Crippen LogP contribution in [0.3, 0.4) is 0 Å². The van der Waals surface area contributed by atoms with Crippen molar-refractivity contribution in [1.29, 1.82) is 0 Å². The van der Waals surface area contributed by atoms with Crippen molar-refractivity contribution in [2.75, 3.05) is 52.9 Å². The van der Waals surface area contributed by atoms with E-state index in [1.807, 2.05) is 24.3 Å². The first-order chi connectivity index (χ1) is 15.7. The third-order valence-electron chi connectivity index (χ3n) is 6.16. The molecule has 4 rings (SSSR count). The summed E-state index contributed by atoms with van der Waals surface area (Å²) in [6.07, 6.45) is -0.0578. The molecule has 0 saturated carbocycles.